The Labute approximate surface area is 164 Å². The Morgan fingerprint density at radius 3 is 2.75 bits per heavy atom. The SMILES string of the molecule is CCn1nc2c(c1C(=O)N1CC(=O)N(C)c3ccccc3C1)C[C@H](C)O[C@@H]2C. The van der Waals surface area contributed by atoms with Crippen molar-refractivity contribution in [2.45, 2.75) is 52.5 Å². The summed E-state index contributed by atoms with van der Waals surface area (Å²) >= 11 is 0. The molecule has 0 spiro atoms. The monoisotopic (exact) mass is 382 g/mol. The Hall–Kier alpha value is -2.67. The Morgan fingerprint density at radius 1 is 1.25 bits per heavy atom. The van der Waals surface area contributed by atoms with Gasteiger partial charge in [0, 0.05) is 37.8 Å². The van der Waals surface area contributed by atoms with Crippen LogP contribution >= 0.6 is 0 Å². The zero-order valence-electron chi connectivity index (χ0n) is 16.8. The zero-order chi connectivity index (χ0) is 20.0. The van der Waals surface area contributed by atoms with Crippen LogP contribution in [0.4, 0.5) is 5.69 Å². The molecule has 0 radical (unpaired) electrons. The lowest BCUT2D eigenvalue weighted by Gasteiger charge is -2.26. The van der Waals surface area contributed by atoms with Gasteiger partial charge in [-0.25, -0.2) is 0 Å². The first kappa shape index (κ1) is 18.7. The summed E-state index contributed by atoms with van der Waals surface area (Å²) in [5.74, 6) is -0.241. The molecule has 2 aliphatic heterocycles. The van der Waals surface area contributed by atoms with E-state index in [0.717, 1.165) is 22.5 Å². The summed E-state index contributed by atoms with van der Waals surface area (Å²) in [5, 5.41) is 4.65. The number of hydrogen-bond donors (Lipinski definition) is 0. The Kier molecular flexibility index (Phi) is 4.71. The number of hydrogen-bond acceptors (Lipinski definition) is 4. The minimum absolute atomic E-state index is 0.0289. The third kappa shape index (κ3) is 2.99. The van der Waals surface area contributed by atoms with E-state index in [-0.39, 0.29) is 30.6 Å². The maximum Gasteiger partial charge on any atom is 0.273 e. The van der Waals surface area contributed by atoms with Crippen molar-refractivity contribution in [1.82, 2.24) is 14.7 Å². The molecular formula is C21H26N4O3. The van der Waals surface area contributed by atoms with Crippen molar-refractivity contribution in [3.05, 3.63) is 46.8 Å². The summed E-state index contributed by atoms with van der Waals surface area (Å²) in [6.45, 7) is 6.99. The van der Waals surface area contributed by atoms with Crippen LogP contribution in [0.25, 0.3) is 0 Å². The average Bonchev–Trinajstić information content (AvgIpc) is 2.99. The van der Waals surface area contributed by atoms with E-state index in [1.165, 1.54) is 0 Å². The van der Waals surface area contributed by atoms with E-state index in [1.54, 1.807) is 21.5 Å². The lowest BCUT2D eigenvalue weighted by molar-refractivity contribution is -0.118. The minimum Gasteiger partial charge on any atom is -0.369 e. The van der Waals surface area contributed by atoms with Gasteiger partial charge in [-0.15, -0.1) is 0 Å². The van der Waals surface area contributed by atoms with E-state index in [0.29, 0.717) is 25.2 Å². The van der Waals surface area contributed by atoms with Crippen LogP contribution in [0.5, 0.6) is 0 Å². The van der Waals surface area contributed by atoms with E-state index in [9.17, 15) is 9.59 Å². The Bertz CT molecular complexity index is 936. The largest absolute Gasteiger partial charge is 0.369 e. The number of fused-ring (bicyclic) bond motifs is 2. The quantitative estimate of drug-likeness (QED) is 0.801. The highest BCUT2D eigenvalue weighted by Crippen LogP contribution is 2.33. The van der Waals surface area contributed by atoms with Gasteiger partial charge in [0.1, 0.15) is 12.2 Å². The number of para-hydroxylation sites is 1. The molecule has 3 heterocycles. The number of nitrogens with zero attached hydrogens (tertiary/aromatic N) is 4. The molecule has 0 saturated heterocycles. The fraction of sp³-hybridized carbons (Fsp3) is 0.476. The van der Waals surface area contributed by atoms with Crippen LogP contribution in [-0.2, 0) is 29.0 Å². The van der Waals surface area contributed by atoms with E-state index >= 15 is 0 Å². The molecule has 148 valence electrons. The highest BCUT2D eigenvalue weighted by atomic mass is 16.5. The predicted octanol–water partition coefficient (Wildman–Crippen LogP) is 2.54. The maximum absolute atomic E-state index is 13.6. The second-order valence-corrected chi connectivity index (χ2v) is 7.56. The van der Waals surface area contributed by atoms with Crippen molar-refractivity contribution in [2.24, 2.45) is 0 Å². The molecule has 0 bridgehead atoms. The normalized spacial score (nSPS) is 21.9. The van der Waals surface area contributed by atoms with Crippen LogP contribution in [0, 0.1) is 0 Å². The summed E-state index contributed by atoms with van der Waals surface area (Å²) in [6.07, 6.45) is 0.538. The average molecular weight is 382 g/mol. The molecule has 0 unspecified atom stereocenters. The summed E-state index contributed by atoms with van der Waals surface area (Å²) in [7, 11) is 1.76. The highest BCUT2D eigenvalue weighted by molar-refractivity contribution is 6.01. The van der Waals surface area contributed by atoms with Crippen molar-refractivity contribution < 1.29 is 14.3 Å². The van der Waals surface area contributed by atoms with Gasteiger partial charge in [-0.3, -0.25) is 14.3 Å². The molecule has 4 rings (SSSR count). The fourth-order valence-electron chi connectivity index (χ4n) is 4.19. The second kappa shape index (κ2) is 7.05. The first-order chi connectivity index (χ1) is 13.4. The molecule has 2 aromatic rings. The number of carbonyl (C=O) groups excluding carboxylic acids is 2. The molecule has 1 aromatic heterocycles. The van der Waals surface area contributed by atoms with Gasteiger partial charge in [0.25, 0.3) is 5.91 Å². The Morgan fingerprint density at radius 2 is 2.00 bits per heavy atom. The molecule has 2 aliphatic rings. The highest BCUT2D eigenvalue weighted by Gasteiger charge is 2.35. The summed E-state index contributed by atoms with van der Waals surface area (Å²) in [5.41, 5.74) is 4.20. The van der Waals surface area contributed by atoms with Crippen LogP contribution < -0.4 is 4.90 Å². The van der Waals surface area contributed by atoms with Crippen LogP contribution in [0.15, 0.2) is 24.3 Å². The van der Waals surface area contributed by atoms with Crippen LogP contribution in [0.1, 0.15) is 54.2 Å². The number of carbonyl (C=O) groups is 2. The molecule has 0 N–H and O–H groups in total. The first-order valence-corrected chi connectivity index (χ1v) is 9.79. The smallest absolute Gasteiger partial charge is 0.273 e. The van der Waals surface area contributed by atoms with Crippen molar-refractivity contribution in [3.8, 4) is 0 Å². The molecular weight excluding hydrogens is 356 g/mol. The number of likely N-dealkylation sites (N-methyl/N-ethyl adjacent to an activating group) is 1. The lowest BCUT2D eigenvalue weighted by atomic mass is 9.99. The number of amides is 2. The molecule has 0 fully saturated rings. The van der Waals surface area contributed by atoms with Crippen LogP contribution in [0.3, 0.4) is 0 Å². The number of ether oxygens (including phenoxy) is 1. The maximum atomic E-state index is 13.6. The number of aryl methyl sites for hydroxylation is 1. The zero-order valence-corrected chi connectivity index (χ0v) is 16.8. The van der Waals surface area contributed by atoms with Gasteiger partial charge < -0.3 is 14.5 Å². The van der Waals surface area contributed by atoms with Gasteiger partial charge in [-0.1, -0.05) is 18.2 Å². The number of anilines is 1. The molecule has 0 saturated carbocycles. The number of aromatic nitrogens is 2. The molecule has 2 atom stereocenters. The van der Waals surface area contributed by atoms with Gasteiger partial charge in [0.05, 0.1) is 17.9 Å². The van der Waals surface area contributed by atoms with Crippen LogP contribution in [0.2, 0.25) is 0 Å². The first-order valence-electron chi connectivity index (χ1n) is 9.79. The van der Waals surface area contributed by atoms with Gasteiger partial charge in [-0.2, -0.15) is 5.10 Å². The van der Waals surface area contributed by atoms with Gasteiger partial charge in [0.15, 0.2) is 0 Å². The predicted molar refractivity (Wildman–Crippen MR) is 105 cm³/mol. The molecule has 0 aliphatic carbocycles. The lowest BCUT2D eigenvalue weighted by Crippen LogP contribution is -2.39. The molecule has 7 nitrogen and oxygen atoms in total. The van der Waals surface area contributed by atoms with Crippen molar-refractivity contribution in [3.63, 3.8) is 0 Å². The van der Waals surface area contributed by atoms with E-state index in [1.807, 2.05) is 45.0 Å². The summed E-state index contributed by atoms with van der Waals surface area (Å²) in [6, 6.07) is 7.73. The minimum atomic E-state index is -0.143. The fourth-order valence-corrected chi connectivity index (χ4v) is 4.19. The number of rotatable bonds is 2. The van der Waals surface area contributed by atoms with E-state index < -0.39 is 0 Å². The van der Waals surface area contributed by atoms with Crippen LogP contribution in [-0.4, -0.2) is 46.2 Å². The van der Waals surface area contributed by atoms with Gasteiger partial charge in [-0.05, 0) is 32.4 Å². The molecule has 1 aromatic carbocycles. The molecule has 28 heavy (non-hydrogen) atoms. The van der Waals surface area contributed by atoms with Gasteiger partial charge >= 0.3 is 0 Å². The van der Waals surface area contributed by atoms with E-state index in [4.69, 9.17) is 4.74 Å². The number of benzene rings is 1. The molecule has 7 heteroatoms. The third-order valence-electron chi connectivity index (χ3n) is 5.60. The topological polar surface area (TPSA) is 67.7 Å². The van der Waals surface area contributed by atoms with Gasteiger partial charge in [0.2, 0.25) is 5.91 Å². The third-order valence-corrected chi connectivity index (χ3v) is 5.60. The van der Waals surface area contributed by atoms with Crippen molar-refractivity contribution in [1.29, 1.82) is 0 Å². The van der Waals surface area contributed by atoms with Crippen molar-refractivity contribution in [2.75, 3.05) is 18.5 Å². The Balaban J connectivity index is 1.75. The summed E-state index contributed by atoms with van der Waals surface area (Å²) < 4.78 is 7.65. The second-order valence-electron chi connectivity index (χ2n) is 7.56. The van der Waals surface area contributed by atoms with E-state index in [2.05, 4.69) is 5.10 Å². The standard InChI is InChI=1S/C21H26N4O3/c1-5-25-20(16-10-13(2)28-14(3)19(16)22-25)21(27)24-11-15-8-6-7-9-17(15)23(4)18(26)12-24/h6-9,13-14H,5,10-12H2,1-4H3/t13-,14+/m0/s1. The molecule has 2 amide bonds. The van der Waals surface area contributed by atoms with Crippen molar-refractivity contribution >= 4 is 17.5 Å². The summed E-state index contributed by atoms with van der Waals surface area (Å²) in [4.78, 5) is 29.6.